The van der Waals surface area contributed by atoms with Crippen molar-refractivity contribution in [1.82, 2.24) is 0 Å². The largest absolute Gasteiger partial charge is 0.457 e. The zero-order valence-corrected chi connectivity index (χ0v) is 18.0. The fourth-order valence-corrected chi connectivity index (χ4v) is 1.11. The first-order valence-corrected chi connectivity index (χ1v) is 8.36. The predicted molar refractivity (Wildman–Crippen MR) is 135 cm³/mol. The van der Waals surface area contributed by atoms with Crippen LogP contribution in [-0.2, 0) is 0 Å². The lowest BCUT2D eigenvalue weighted by molar-refractivity contribution is 0.186. The molecule has 3 nitrogen and oxygen atoms in total. The van der Waals surface area contributed by atoms with E-state index in [0.29, 0.717) is 0 Å². The maximum atomic E-state index is 7.62. The zero-order chi connectivity index (χ0) is 24.3. The zero-order valence-electron chi connectivity index (χ0n) is 18.0. The van der Waals surface area contributed by atoms with E-state index in [0.717, 1.165) is 11.5 Å². The third-order valence-corrected chi connectivity index (χ3v) is 1.82. The van der Waals surface area contributed by atoms with Crippen LogP contribution in [0.25, 0.3) is 0 Å². The molecule has 2 aromatic rings. The van der Waals surface area contributed by atoms with Gasteiger partial charge in [0.15, 0.2) is 0 Å². The van der Waals surface area contributed by atoms with E-state index in [1.807, 2.05) is 60.7 Å². The van der Waals surface area contributed by atoms with Crippen LogP contribution in [0.1, 0.15) is 0 Å². The Morgan fingerprint density at radius 2 is 0.655 bits per heavy atom. The Kier molecular flexibility index (Phi) is 78.3. The molecule has 2 aromatic carbocycles. The third kappa shape index (κ3) is 40.6. The SMILES string of the molecule is C=C.C=C.C=C.C=C.C=C.C=C.OCCO.c1ccc(Oc2ccccc2)cc1. The lowest BCUT2D eigenvalue weighted by Crippen LogP contribution is -1.85. The average Bonchev–Trinajstić information content (AvgIpc) is 2.88. The van der Waals surface area contributed by atoms with Gasteiger partial charge in [-0.3, -0.25) is 0 Å². The molecule has 3 heteroatoms. The molecule has 0 heterocycles. The van der Waals surface area contributed by atoms with Crippen molar-refractivity contribution in [3.8, 4) is 11.5 Å². The smallest absolute Gasteiger partial charge is 0.127 e. The predicted octanol–water partition coefficient (Wildman–Crippen LogP) is 7.26. The Morgan fingerprint density at radius 3 is 0.828 bits per heavy atom. The number of benzene rings is 2. The van der Waals surface area contributed by atoms with Crippen molar-refractivity contribution in [2.75, 3.05) is 13.2 Å². The monoisotopic (exact) mass is 400 g/mol. The van der Waals surface area contributed by atoms with Crippen LogP contribution in [0.2, 0.25) is 0 Å². The van der Waals surface area contributed by atoms with Crippen LogP contribution in [0.3, 0.4) is 0 Å². The Labute approximate surface area is 179 Å². The second kappa shape index (κ2) is 56.3. The Hall–Kier alpha value is -3.40. The summed E-state index contributed by atoms with van der Waals surface area (Å²) in [6.07, 6.45) is 0. The molecule has 0 radical (unpaired) electrons. The molecular weight excluding hydrogens is 360 g/mol. The molecule has 0 atom stereocenters. The van der Waals surface area contributed by atoms with Crippen LogP contribution in [-0.4, -0.2) is 23.4 Å². The van der Waals surface area contributed by atoms with Gasteiger partial charge in [0.2, 0.25) is 0 Å². The second-order valence-electron chi connectivity index (χ2n) is 3.18. The van der Waals surface area contributed by atoms with Crippen molar-refractivity contribution in [1.29, 1.82) is 0 Å². The average molecular weight is 401 g/mol. The highest BCUT2D eigenvalue weighted by Gasteiger charge is 1.92. The van der Waals surface area contributed by atoms with Gasteiger partial charge >= 0.3 is 0 Å². The number of aliphatic hydroxyl groups excluding tert-OH is 2. The van der Waals surface area contributed by atoms with Gasteiger partial charge in [-0.05, 0) is 24.3 Å². The van der Waals surface area contributed by atoms with Gasteiger partial charge in [-0.25, -0.2) is 0 Å². The lowest BCUT2D eigenvalue weighted by atomic mass is 10.3. The fraction of sp³-hybridized carbons (Fsp3) is 0.0769. The first kappa shape index (κ1) is 40.3. The van der Waals surface area contributed by atoms with Crippen molar-refractivity contribution in [2.45, 2.75) is 0 Å². The fourth-order valence-electron chi connectivity index (χ4n) is 1.11. The number of hydrogen-bond acceptors (Lipinski definition) is 3. The van der Waals surface area contributed by atoms with Crippen molar-refractivity contribution in [3.63, 3.8) is 0 Å². The third-order valence-electron chi connectivity index (χ3n) is 1.82. The van der Waals surface area contributed by atoms with Gasteiger partial charge < -0.3 is 14.9 Å². The van der Waals surface area contributed by atoms with Gasteiger partial charge in [0.1, 0.15) is 11.5 Å². The molecule has 2 rings (SSSR count). The molecule has 2 N–H and O–H groups in total. The van der Waals surface area contributed by atoms with Crippen LogP contribution >= 0.6 is 0 Å². The van der Waals surface area contributed by atoms with Crippen LogP contribution in [0.4, 0.5) is 0 Å². The van der Waals surface area contributed by atoms with Crippen molar-refractivity contribution < 1.29 is 14.9 Å². The molecule has 0 aliphatic heterocycles. The summed E-state index contributed by atoms with van der Waals surface area (Å²) < 4.78 is 5.58. The molecule has 0 unspecified atom stereocenters. The number of ether oxygens (including phenoxy) is 1. The van der Waals surface area contributed by atoms with Gasteiger partial charge in [0.05, 0.1) is 13.2 Å². The number of para-hydroxylation sites is 2. The second-order valence-corrected chi connectivity index (χ2v) is 3.18. The molecule has 0 fully saturated rings. The summed E-state index contributed by atoms with van der Waals surface area (Å²) >= 11 is 0. The van der Waals surface area contributed by atoms with E-state index in [4.69, 9.17) is 14.9 Å². The van der Waals surface area contributed by atoms with E-state index in [9.17, 15) is 0 Å². The van der Waals surface area contributed by atoms with Gasteiger partial charge in [-0.2, -0.15) is 0 Å². The van der Waals surface area contributed by atoms with Crippen molar-refractivity contribution in [3.05, 3.63) is 140 Å². The lowest BCUT2D eigenvalue weighted by Gasteiger charge is -2.03. The number of hydrogen-bond donors (Lipinski definition) is 2. The summed E-state index contributed by atoms with van der Waals surface area (Å²) in [7, 11) is 0. The summed E-state index contributed by atoms with van der Waals surface area (Å²) in [5.41, 5.74) is 0. The van der Waals surface area contributed by atoms with Crippen LogP contribution < -0.4 is 4.74 Å². The Bertz CT molecular complexity index is 417. The summed E-state index contributed by atoms with van der Waals surface area (Å²) in [5.74, 6) is 1.74. The first-order valence-electron chi connectivity index (χ1n) is 8.36. The summed E-state index contributed by atoms with van der Waals surface area (Å²) in [5, 5.41) is 15.2. The van der Waals surface area contributed by atoms with Crippen LogP contribution in [0.5, 0.6) is 11.5 Å². The Balaban J connectivity index is -0.0000000700. The quantitative estimate of drug-likeness (QED) is 0.533. The molecule has 0 spiro atoms. The molecule has 0 aliphatic rings. The van der Waals surface area contributed by atoms with Crippen molar-refractivity contribution in [2.24, 2.45) is 0 Å². The molecule has 0 aromatic heterocycles. The number of aliphatic hydroxyl groups is 2. The van der Waals surface area contributed by atoms with E-state index in [-0.39, 0.29) is 13.2 Å². The van der Waals surface area contributed by atoms with E-state index in [1.165, 1.54) is 0 Å². The van der Waals surface area contributed by atoms with Gasteiger partial charge in [0.25, 0.3) is 0 Å². The maximum absolute atomic E-state index is 7.62. The van der Waals surface area contributed by atoms with E-state index >= 15 is 0 Å². The number of rotatable bonds is 3. The first-order chi connectivity index (χ1) is 14.4. The molecule has 29 heavy (non-hydrogen) atoms. The standard InChI is InChI=1S/C12H10O.C2H6O2.6C2H4/c1-3-7-11(8-4-1)13-12-9-5-2-6-10-12;3-1-2-4;6*1-2/h1-10H;3-4H,1-2H2;6*1-2H2. The maximum Gasteiger partial charge on any atom is 0.127 e. The molecule has 0 aliphatic carbocycles. The van der Waals surface area contributed by atoms with Crippen LogP contribution in [0.15, 0.2) is 140 Å². The van der Waals surface area contributed by atoms with E-state index in [1.54, 1.807) is 0 Å². The van der Waals surface area contributed by atoms with E-state index < -0.39 is 0 Å². The summed E-state index contributed by atoms with van der Waals surface area (Å²) in [6, 6.07) is 19.5. The topological polar surface area (TPSA) is 49.7 Å². The van der Waals surface area contributed by atoms with Crippen molar-refractivity contribution >= 4 is 0 Å². The summed E-state index contributed by atoms with van der Waals surface area (Å²) in [6.45, 7) is 35.8. The van der Waals surface area contributed by atoms with Gasteiger partial charge in [0, 0.05) is 0 Å². The minimum absolute atomic E-state index is 0.125. The van der Waals surface area contributed by atoms with Gasteiger partial charge in [-0.1, -0.05) is 36.4 Å². The highest BCUT2D eigenvalue weighted by molar-refractivity contribution is 5.30. The molecule has 0 saturated carbocycles. The molecule has 0 amide bonds. The summed E-state index contributed by atoms with van der Waals surface area (Å²) in [4.78, 5) is 0. The highest BCUT2D eigenvalue weighted by Crippen LogP contribution is 2.19. The van der Waals surface area contributed by atoms with Crippen LogP contribution in [0, 0.1) is 0 Å². The minimum Gasteiger partial charge on any atom is -0.457 e. The Morgan fingerprint density at radius 1 is 0.448 bits per heavy atom. The molecule has 0 bridgehead atoms. The molecule has 0 saturated heterocycles. The van der Waals surface area contributed by atoms with Gasteiger partial charge in [-0.15, -0.1) is 78.9 Å². The minimum atomic E-state index is -0.125. The highest BCUT2D eigenvalue weighted by atomic mass is 16.5. The molecular formula is C26H40O3. The normalized spacial score (nSPS) is 6.14. The molecule has 162 valence electrons. The van der Waals surface area contributed by atoms with E-state index in [2.05, 4.69) is 78.9 Å².